The predicted octanol–water partition coefficient (Wildman–Crippen LogP) is 4.83. The van der Waals surface area contributed by atoms with Gasteiger partial charge < -0.3 is 9.47 Å². The first-order valence-electron chi connectivity index (χ1n) is 8.19. The van der Waals surface area contributed by atoms with Crippen molar-refractivity contribution >= 4 is 0 Å². The average Bonchev–Trinajstić information content (AvgIpc) is 2.66. The molecule has 0 bridgehead atoms. The maximum absolute atomic E-state index is 5.74. The van der Waals surface area contributed by atoms with Gasteiger partial charge in [0.1, 0.15) is 12.4 Å². The van der Waals surface area contributed by atoms with Crippen LogP contribution in [-0.2, 0) is 24.4 Å². The number of benzene rings is 3. The van der Waals surface area contributed by atoms with Gasteiger partial charge >= 0.3 is 0 Å². The highest BCUT2D eigenvalue weighted by molar-refractivity contribution is 5.26. The second-order valence-corrected chi connectivity index (χ2v) is 5.62. The van der Waals surface area contributed by atoms with Gasteiger partial charge in [0.05, 0.1) is 13.2 Å². The maximum atomic E-state index is 5.74. The van der Waals surface area contributed by atoms with Crippen molar-refractivity contribution < 1.29 is 9.47 Å². The van der Waals surface area contributed by atoms with Gasteiger partial charge in [0.25, 0.3) is 0 Å². The summed E-state index contributed by atoms with van der Waals surface area (Å²) in [5, 5.41) is 0. The summed E-state index contributed by atoms with van der Waals surface area (Å²) in [5.74, 6) is 0.771. The van der Waals surface area contributed by atoms with Crippen molar-refractivity contribution in [3.8, 4) is 5.75 Å². The van der Waals surface area contributed by atoms with E-state index in [2.05, 4.69) is 36.4 Å². The molecule has 0 fully saturated rings. The first kappa shape index (κ1) is 16.3. The smallest absolute Gasteiger partial charge is 0.127 e. The topological polar surface area (TPSA) is 18.5 Å². The Hall–Kier alpha value is -2.58. The van der Waals surface area contributed by atoms with Crippen LogP contribution in [0, 0.1) is 6.07 Å². The van der Waals surface area contributed by atoms with Gasteiger partial charge in [0.2, 0.25) is 0 Å². The maximum Gasteiger partial charge on any atom is 0.127 e. The minimum Gasteiger partial charge on any atom is -0.488 e. The Morgan fingerprint density at radius 2 is 1.33 bits per heavy atom. The number of ether oxygens (including phenoxy) is 2. The third kappa shape index (κ3) is 5.25. The fourth-order valence-electron chi connectivity index (χ4n) is 2.38. The largest absolute Gasteiger partial charge is 0.488 e. The fraction of sp³-hybridized carbons (Fsp3) is 0.182. The zero-order valence-electron chi connectivity index (χ0n) is 13.7. The van der Waals surface area contributed by atoms with Crippen LogP contribution in [0.4, 0.5) is 0 Å². The van der Waals surface area contributed by atoms with Crippen molar-refractivity contribution in [1.82, 2.24) is 0 Å². The molecule has 0 unspecified atom stereocenters. The van der Waals surface area contributed by atoms with Crippen LogP contribution in [-0.4, -0.2) is 6.61 Å². The zero-order valence-corrected chi connectivity index (χ0v) is 13.7. The van der Waals surface area contributed by atoms with Crippen molar-refractivity contribution in [3.63, 3.8) is 0 Å². The van der Waals surface area contributed by atoms with E-state index in [0.717, 1.165) is 17.7 Å². The molecular formula is C22H21O2. The lowest BCUT2D eigenvalue weighted by atomic mass is 10.1. The van der Waals surface area contributed by atoms with E-state index in [0.29, 0.717) is 19.8 Å². The van der Waals surface area contributed by atoms with Gasteiger partial charge in [-0.05, 0) is 35.2 Å². The summed E-state index contributed by atoms with van der Waals surface area (Å²) >= 11 is 0. The van der Waals surface area contributed by atoms with Gasteiger partial charge in [-0.1, -0.05) is 66.7 Å². The molecule has 3 rings (SSSR count). The van der Waals surface area contributed by atoms with E-state index in [1.54, 1.807) is 0 Å². The summed E-state index contributed by atoms with van der Waals surface area (Å²) in [4.78, 5) is 0. The Kier molecular flexibility index (Phi) is 6.04. The van der Waals surface area contributed by atoms with Crippen LogP contribution in [0.15, 0.2) is 78.9 Å². The van der Waals surface area contributed by atoms with Crippen LogP contribution < -0.4 is 4.74 Å². The first-order chi connectivity index (χ1) is 11.9. The summed E-state index contributed by atoms with van der Waals surface area (Å²) in [6.45, 7) is 1.92. The van der Waals surface area contributed by atoms with Gasteiger partial charge in [-0.25, -0.2) is 0 Å². The van der Waals surface area contributed by atoms with E-state index < -0.39 is 0 Å². The minimum absolute atomic E-state index is 0.566. The van der Waals surface area contributed by atoms with Crippen LogP contribution in [0.25, 0.3) is 0 Å². The molecule has 2 heteroatoms. The highest BCUT2D eigenvalue weighted by Crippen LogP contribution is 2.14. The quantitative estimate of drug-likeness (QED) is 0.554. The Morgan fingerprint density at radius 3 is 1.96 bits per heavy atom. The molecule has 0 aliphatic rings. The highest BCUT2D eigenvalue weighted by Gasteiger charge is 1.99. The number of rotatable bonds is 8. The molecule has 1 radical (unpaired) electrons. The highest BCUT2D eigenvalue weighted by atomic mass is 16.5. The lowest BCUT2D eigenvalue weighted by Crippen LogP contribution is -1.99. The van der Waals surface area contributed by atoms with Gasteiger partial charge in [-0.15, -0.1) is 0 Å². The standard InChI is InChI=1S/C22H21O2/c1-3-7-20(8-4-1)17-23-16-15-19-11-13-22(14-12-19)24-18-21-9-5-2-6-10-21/h1-13H,15-18H2. The van der Waals surface area contributed by atoms with Crippen molar-refractivity contribution in [2.24, 2.45) is 0 Å². The Morgan fingerprint density at radius 1 is 0.667 bits per heavy atom. The Balaban J connectivity index is 1.40. The van der Waals surface area contributed by atoms with E-state index in [1.165, 1.54) is 11.1 Å². The molecule has 3 aromatic rings. The number of hydrogen-bond donors (Lipinski definition) is 0. The molecule has 2 nitrogen and oxygen atoms in total. The SMILES string of the molecule is [c]1cc(CCOCc2ccccc2)ccc1OCc1ccccc1. The Labute approximate surface area is 143 Å². The second kappa shape index (κ2) is 8.90. The summed E-state index contributed by atoms with van der Waals surface area (Å²) in [6, 6.07) is 29.6. The molecule has 0 aliphatic carbocycles. The second-order valence-electron chi connectivity index (χ2n) is 5.62. The van der Waals surface area contributed by atoms with Crippen molar-refractivity contribution in [2.45, 2.75) is 19.6 Å². The molecule has 0 heterocycles. The number of hydrogen-bond acceptors (Lipinski definition) is 2. The predicted molar refractivity (Wildman–Crippen MR) is 95.9 cm³/mol. The van der Waals surface area contributed by atoms with Crippen LogP contribution in [0.2, 0.25) is 0 Å². The third-order valence-corrected chi connectivity index (χ3v) is 3.73. The lowest BCUT2D eigenvalue weighted by Gasteiger charge is -2.08. The van der Waals surface area contributed by atoms with Crippen LogP contribution >= 0.6 is 0 Å². The van der Waals surface area contributed by atoms with Gasteiger partial charge in [0.15, 0.2) is 0 Å². The summed E-state index contributed by atoms with van der Waals surface area (Å²) < 4.78 is 11.5. The molecule has 0 saturated carbocycles. The molecule has 0 aliphatic heterocycles. The molecule has 0 saturated heterocycles. The van der Waals surface area contributed by atoms with Crippen LogP contribution in [0.3, 0.4) is 0 Å². The molecule has 121 valence electrons. The molecule has 0 amide bonds. The van der Waals surface area contributed by atoms with E-state index in [1.807, 2.05) is 48.5 Å². The molecule has 0 N–H and O–H groups in total. The van der Waals surface area contributed by atoms with Crippen LogP contribution in [0.5, 0.6) is 5.75 Å². The molecule has 0 spiro atoms. The normalized spacial score (nSPS) is 10.5. The van der Waals surface area contributed by atoms with Gasteiger partial charge in [0, 0.05) is 6.07 Å². The first-order valence-corrected chi connectivity index (χ1v) is 8.19. The minimum atomic E-state index is 0.566. The fourth-order valence-corrected chi connectivity index (χ4v) is 2.38. The third-order valence-electron chi connectivity index (χ3n) is 3.73. The summed E-state index contributed by atoms with van der Waals surface area (Å²) in [5.41, 5.74) is 3.56. The molecule has 0 atom stereocenters. The van der Waals surface area contributed by atoms with Gasteiger partial charge in [-0.3, -0.25) is 0 Å². The van der Waals surface area contributed by atoms with E-state index in [-0.39, 0.29) is 0 Å². The molecule has 0 aromatic heterocycles. The average molecular weight is 317 g/mol. The van der Waals surface area contributed by atoms with Crippen LogP contribution in [0.1, 0.15) is 16.7 Å². The molecule has 24 heavy (non-hydrogen) atoms. The van der Waals surface area contributed by atoms with E-state index >= 15 is 0 Å². The van der Waals surface area contributed by atoms with E-state index in [9.17, 15) is 0 Å². The monoisotopic (exact) mass is 317 g/mol. The Bertz CT molecular complexity index is 706. The van der Waals surface area contributed by atoms with Crippen molar-refractivity contribution in [2.75, 3.05) is 6.61 Å². The van der Waals surface area contributed by atoms with Crippen molar-refractivity contribution in [1.29, 1.82) is 0 Å². The van der Waals surface area contributed by atoms with E-state index in [4.69, 9.17) is 9.47 Å². The lowest BCUT2D eigenvalue weighted by molar-refractivity contribution is 0.124. The summed E-state index contributed by atoms with van der Waals surface area (Å²) in [6.07, 6.45) is 0.877. The molecular weight excluding hydrogens is 296 g/mol. The molecule has 3 aromatic carbocycles. The van der Waals surface area contributed by atoms with Crippen molar-refractivity contribution in [3.05, 3.63) is 102 Å². The summed E-state index contributed by atoms with van der Waals surface area (Å²) in [7, 11) is 0. The zero-order chi connectivity index (χ0) is 16.5. The van der Waals surface area contributed by atoms with Gasteiger partial charge in [-0.2, -0.15) is 0 Å².